The maximum atomic E-state index is 13.2. The number of ether oxygens (including phenoxy) is 1. The lowest BCUT2D eigenvalue weighted by Crippen LogP contribution is -1.96. The summed E-state index contributed by atoms with van der Waals surface area (Å²) in [7, 11) is 0. The average molecular weight is 274 g/mol. The van der Waals surface area contributed by atoms with Crippen LogP contribution >= 0.6 is 0 Å². The second-order valence-corrected chi connectivity index (χ2v) is 5.19. The number of halogens is 1. The minimum Gasteiger partial charge on any atom is -0.457 e. The van der Waals surface area contributed by atoms with Gasteiger partial charge in [-0.05, 0) is 48.2 Å². The molecule has 0 saturated carbocycles. The third-order valence-corrected chi connectivity index (χ3v) is 3.29. The van der Waals surface area contributed by atoms with E-state index in [2.05, 4.69) is 19.9 Å². The van der Waals surface area contributed by atoms with E-state index in [9.17, 15) is 9.50 Å². The fraction of sp³-hybridized carbons (Fsp3) is 0.294. The summed E-state index contributed by atoms with van der Waals surface area (Å²) in [6.07, 6.45) is 0. The van der Waals surface area contributed by atoms with Crippen LogP contribution in [-0.2, 0) is 6.61 Å². The van der Waals surface area contributed by atoms with Crippen LogP contribution in [0.5, 0.6) is 11.5 Å². The van der Waals surface area contributed by atoms with E-state index in [1.165, 1.54) is 17.7 Å². The maximum absolute atomic E-state index is 13.2. The molecule has 0 amide bonds. The first-order valence-corrected chi connectivity index (χ1v) is 6.69. The molecule has 0 heterocycles. The van der Waals surface area contributed by atoms with Gasteiger partial charge in [-0.2, -0.15) is 0 Å². The van der Waals surface area contributed by atoms with Crippen molar-refractivity contribution in [3.8, 4) is 11.5 Å². The van der Waals surface area contributed by atoms with E-state index in [0.29, 0.717) is 17.2 Å². The quantitative estimate of drug-likeness (QED) is 0.886. The third-order valence-electron chi connectivity index (χ3n) is 3.29. The van der Waals surface area contributed by atoms with E-state index >= 15 is 0 Å². The zero-order chi connectivity index (χ0) is 14.7. The molecule has 106 valence electrons. The molecule has 0 aliphatic heterocycles. The van der Waals surface area contributed by atoms with E-state index in [-0.39, 0.29) is 12.4 Å². The first-order chi connectivity index (χ1) is 9.51. The highest BCUT2D eigenvalue weighted by Crippen LogP contribution is 2.31. The van der Waals surface area contributed by atoms with E-state index in [0.717, 1.165) is 11.3 Å². The van der Waals surface area contributed by atoms with Crippen LogP contribution in [0.2, 0.25) is 0 Å². The smallest absolute Gasteiger partial charge is 0.133 e. The van der Waals surface area contributed by atoms with Gasteiger partial charge in [0.2, 0.25) is 0 Å². The normalized spacial score (nSPS) is 10.9. The predicted octanol–water partition coefficient (Wildman–Crippen LogP) is 4.54. The van der Waals surface area contributed by atoms with Gasteiger partial charge in [0, 0.05) is 5.56 Å². The van der Waals surface area contributed by atoms with Crippen molar-refractivity contribution in [1.29, 1.82) is 0 Å². The molecule has 0 unspecified atom stereocenters. The third kappa shape index (κ3) is 3.17. The summed E-state index contributed by atoms with van der Waals surface area (Å²) in [6.45, 7) is 5.94. The summed E-state index contributed by atoms with van der Waals surface area (Å²) in [5, 5.41) is 9.29. The fourth-order valence-corrected chi connectivity index (χ4v) is 1.98. The molecule has 2 rings (SSSR count). The lowest BCUT2D eigenvalue weighted by molar-refractivity contribution is 0.275. The zero-order valence-corrected chi connectivity index (χ0v) is 12.0. The lowest BCUT2D eigenvalue weighted by Gasteiger charge is -2.14. The molecule has 0 aliphatic carbocycles. The molecule has 0 aliphatic rings. The van der Waals surface area contributed by atoms with Crippen LogP contribution in [0, 0.1) is 12.7 Å². The van der Waals surface area contributed by atoms with E-state index in [1.54, 1.807) is 6.07 Å². The molecule has 0 aromatic heterocycles. The Morgan fingerprint density at radius 2 is 1.85 bits per heavy atom. The highest BCUT2D eigenvalue weighted by atomic mass is 19.1. The number of hydrogen-bond donors (Lipinski definition) is 1. The predicted molar refractivity (Wildman–Crippen MR) is 77.7 cm³/mol. The molecule has 0 radical (unpaired) electrons. The first-order valence-electron chi connectivity index (χ1n) is 6.69. The van der Waals surface area contributed by atoms with Crippen molar-refractivity contribution in [3.63, 3.8) is 0 Å². The van der Waals surface area contributed by atoms with E-state index in [1.807, 2.05) is 19.1 Å². The standard InChI is InChI=1S/C17H19FO2/c1-11(2)13-5-4-12(3)17(9-13)20-16-7-6-15(18)8-14(16)10-19/h4-9,11,19H,10H2,1-3H3. The van der Waals surface area contributed by atoms with Gasteiger partial charge in [-0.15, -0.1) is 0 Å². The Balaban J connectivity index is 2.36. The minimum absolute atomic E-state index is 0.254. The minimum atomic E-state index is -0.381. The van der Waals surface area contributed by atoms with Gasteiger partial charge in [0.1, 0.15) is 17.3 Å². The van der Waals surface area contributed by atoms with Crippen LogP contribution in [-0.4, -0.2) is 5.11 Å². The highest BCUT2D eigenvalue weighted by Gasteiger charge is 2.09. The number of aliphatic hydroxyl groups is 1. The Morgan fingerprint density at radius 1 is 1.10 bits per heavy atom. The van der Waals surface area contributed by atoms with Gasteiger partial charge in [-0.1, -0.05) is 26.0 Å². The van der Waals surface area contributed by atoms with Crippen molar-refractivity contribution in [1.82, 2.24) is 0 Å². The van der Waals surface area contributed by atoms with Crippen molar-refractivity contribution in [2.75, 3.05) is 0 Å². The molecule has 1 N–H and O–H groups in total. The molecule has 0 spiro atoms. The molecule has 20 heavy (non-hydrogen) atoms. The lowest BCUT2D eigenvalue weighted by atomic mass is 10.0. The Bertz CT molecular complexity index is 606. The number of rotatable bonds is 4. The molecular weight excluding hydrogens is 255 g/mol. The summed E-state index contributed by atoms with van der Waals surface area (Å²) >= 11 is 0. The monoisotopic (exact) mass is 274 g/mol. The Kier molecular flexibility index (Phi) is 4.40. The van der Waals surface area contributed by atoms with Crippen molar-refractivity contribution >= 4 is 0 Å². The van der Waals surface area contributed by atoms with Crippen LogP contribution in [0.1, 0.15) is 36.5 Å². The average Bonchev–Trinajstić information content (AvgIpc) is 2.42. The fourth-order valence-electron chi connectivity index (χ4n) is 1.98. The molecule has 0 saturated heterocycles. The highest BCUT2D eigenvalue weighted by molar-refractivity contribution is 5.43. The molecule has 2 nitrogen and oxygen atoms in total. The second-order valence-electron chi connectivity index (χ2n) is 5.19. The molecule has 0 bridgehead atoms. The van der Waals surface area contributed by atoms with Crippen LogP contribution in [0.4, 0.5) is 4.39 Å². The summed E-state index contributed by atoms with van der Waals surface area (Å²) in [4.78, 5) is 0. The van der Waals surface area contributed by atoms with Gasteiger partial charge in [0.15, 0.2) is 0 Å². The van der Waals surface area contributed by atoms with Gasteiger partial charge in [0.25, 0.3) is 0 Å². The Labute approximate surface area is 118 Å². The van der Waals surface area contributed by atoms with Gasteiger partial charge >= 0.3 is 0 Å². The number of benzene rings is 2. The molecular formula is C17H19FO2. The summed E-state index contributed by atoms with van der Waals surface area (Å²) < 4.78 is 19.0. The summed E-state index contributed by atoms with van der Waals surface area (Å²) in [5.74, 6) is 1.24. The van der Waals surface area contributed by atoms with Gasteiger partial charge in [0.05, 0.1) is 6.61 Å². The molecule has 2 aromatic rings. The number of aliphatic hydroxyl groups excluding tert-OH is 1. The van der Waals surface area contributed by atoms with Crippen LogP contribution in [0.15, 0.2) is 36.4 Å². The molecule has 0 fully saturated rings. The number of hydrogen-bond acceptors (Lipinski definition) is 2. The van der Waals surface area contributed by atoms with Crippen molar-refractivity contribution in [2.45, 2.75) is 33.3 Å². The van der Waals surface area contributed by atoms with Gasteiger partial charge < -0.3 is 9.84 Å². The Hall–Kier alpha value is -1.87. The van der Waals surface area contributed by atoms with Crippen molar-refractivity contribution < 1.29 is 14.2 Å². The van der Waals surface area contributed by atoms with Crippen LogP contribution in [0.25, 0.3) is 0 Å². The maximum Gasteiger partial charge on any atom is 0.133 e. The Morgan fingerprint density at radius 3 is 2.50 bits per heavy atom. The second kappa shape index (κ2) is 6.06. The van der Waals surface area contributed by atoms with E-state index < -0.39 is 0 Å². The topological polar surface area (TPSA) is 29.5 Å². The van der Waals surface area contributed by atoms with Crippen molar-refractivity contribution in [3.05, 3.63) is 58.9 Å². The SMILES string of the molecule is Cc1ccc(C(C)C)cc1Oc1ccc(F)cc1CO. The van der Waals surface area contributed by atoms with Crippen molar-refractivity contribution in [2.24, 2.45) is 0 Å². The molecule has 3 heteroatoms. The van der Waals surface area contributed by atoms with Crippen LogP contribution in [0.3, 0.4) is 0 Å². The first kappa shape index (κ1) is 14.5. The molecule has 0 atom stereocenters. The molecule has 2 aromatic carbocycles. The van der Waals surface area contributed by atoms with Gasteiger partial charge in [-0.25, -0.2) is 4.39 Å². The largest absolute Gasteiger partial charge is 0.457 e. The summed E-state index contributed by atoms with van der Waals surface area (Å²) in [5.41, 5.74) is 2.63. The van der Waals surface area contributed by atoms with E-state index in [4.69, 9.17) is 4.74 Å². The number of aryl methyl sites for hydroxylation is 1. The van der Waals surface area contributed by atoms with Gasteiger partial charge in [-0.3, -0.25) is 0 Å². The van der Waals surface area contributed by atoms with Crippen LogP contribution < -0.4 is 4.74 Å². The zero-order valence-electron chi connectivity index (χ0n) is 12.0. The summed E-state index contributed by atoms with van der Waals surface area (Å²) in [6, 6.07) is 10.2.